The van der Waals surface area contributed by atoms with E-state index in [1.165, 1.54) is 0 Å². The van der Waals surface area contributed by atoms with E-state index in [2.05, 4.69) is 34.1 Å². The van der Waals surface area contributed by atoms with Gasteiger partial charge in [0.15, 0.2) is 5.82 Å². The Labute approximate surface area is 94.6 Å². The number of hydrogen-bond donors (Lipinski definition) is 2. The van der Waals surface area contributed by atoms with Crippen molar-refractivity contribution in [1.82, 2.24) is 9.97 Å². The monoisotopic (exact) mass is 229 g/mol. The van der Waals surface area contributed by atoms with Crippen LogP contribution in [0, 0.1) is 0 Å². The molecule has 0 saturated carbocycles. The van der Waals surface area contributed by atoms with Gasteiger partial charge >= 0.3 is 0 Å². The Morgan fingerprint density at radius 3 is 2.73 bits per heavy atom. The normalized spacial score (nSPS) is 10.5. The van der Waals surface area contributed by atoms with E-state index >= 15 is 0 Å². The topological polar surface area (TPSA) is 67.1 Å². The second kappa shape index (κ2) is 5.14. The lowest BCUT2D eigenvalue weighted by atomic mass is 10.3. The van der Waals surface area contributed by atoms with Crippen LogP contribution in [0.15, 0.2) is 6.20 Å². The van der Waals surface area contributed by atoms with Gasteiger partial charge in [-0.3, -0.25) is 5.43 Å². The largest absolute Gasteiger partial charge is 0.353 e. The molecule has 0 saturated heterocycles. The number of nitrogens with zero attached hydrogens (tertiary/aromatic N) is 3. The minimum Gasteiger partial charge on any atom is -0.353 e. The average molecular weight is 230 g/mol. The minimum atomic E-state index is 0.327. The first-order valence-corrected chi connectivity index (χ1v) is 5.23. The molecule has 15 heavy (non-hydrogen) atoms. The molecule has 84 valence electrons. The number of rotatable bonds is 4. The summed E-state index contributed by atoms with van der Waals surface area (Å²) < 4.78 is 0. The Balaban J connectivity index is 3.09. The Morgan fingerprint density at radius 1 is 1.60 bits per heavy atom. The van der Waals surface area contributed by atoms with Gasteiger partial charge in [0.1, 0.15) is 5.02 Å². The number of hydrazine groups is 1. The molecule has 0 bridgehead atoms. The number of nitrogens with one attached hydrogen (secondary N) is 1. The molecule has 0 aliphatic heterocycles. The number of hydrogen-bond acceptors (Lipinski definition) is 5. The molecular formula is C9H16ClN5. The van der Waals surface area contributed by atoms with E-state index in [1.807, 2.05) is 6.92 Å². The summed E-state index contributed by atoms with van der Waals surface area (Å²) in [7, 11) is 0. The highest BCUT2D eigenvalue weighted by Gasteiger charge is 2.14. The number of aromatic nitrogens is 2. The summed E-state index contributed by atoms with van der Waals surface area (Å²) >= 11 is 6.04. The Bertz CT molecular complexity index is 328. The first kappa shape index (κ1) is 12.0. The van der Waals surface area contributed by atoms with Crippen LogP contribution in [0.1, 0.15) is 20.8 Å². The summed E-state index contributed by atoms with van der Waals surface area (Å²) in [6.45, 7) is 7.04. The molecule has 0 fully saturated rings. The number of halogens is 1. The zero-order valence-electron chi connectivity index (χ0n) is 9.16. The van der Waals surface area contributed by atoms with Crippen LogP contribution in [0.25, 0.3) is 0 Å². The van der Waals surface area contributed by atoms with Gasteiger partial charge in [-0.25, -0.2) is 10.8 Å². The lowest BCUT2D eigenvalue weighted by molar-refractivity contribution is 0.692. The highest BCUT2D eigenvalue weighted by atomic mass is 35.5. The maximum atomic E-state index is 6.04. The van der Waals surface area contributed by atoms with Gasteiger partial charge in [0.2, 0.25) is 5.95 Å². The maximum absolute atomic E-state index is 6.04. The molecule has 0 amide bonds. The predicted octanol–water partition coefficient (Wildman–Crippen LogP) is 1.65. The quantitative estimate of drug-likeness (QED) is 0.607. The summed E-state index contributed by atoms with van der Waals surface area (Å²) in [5.74, 6) is 6.32. The molecule has 1 aromatic rings. The lowest BCUT2D eigenvalue weighted by Crippen LogP contribution is -2.31. The van der Waals surface area contributed by atoms with Crippen molar-refractivity contribution >= 4 is 23.4 Å². The van der Waals surface area contributed by atoms with Crippen LogP contribution in [-0.4, -0.2) is 22.6 Å². The van der Waals surface area contributed by atoms with Crippen LogP contribution in [-0.2, 0) is 0 Å². The summed E-state index contributed by atoms with van der Waals surface area (Å²) in [6, 6.07) is 0.327. The molecule has 0 atom stereocenters. The van der Waals surface area contributed by atoms with Gasteiger partial charge in [0, 0.05) is 12.6 Å². The molecular weight excluding hydrogens is 214 g/mol. The van der Waals surface area contributed by atoms with Crippen LogP contribution in [0.4, 0.5) is 11.8 Å². The summed E-state index contributed by atoms with van der Waals surface area (Å²) in [5.41, 5.74) is 2.40. The third-order valence-electron chi connectivity index (χ3n) is 2.09. The van der Waals surface area contributed by atoms with Crippen LogP contribution in [0.3, 0.4) is 0 Å². The molecule has 0 aromatic carbocycles. The van der Waals surface area contributed by atoms with Crippen molar-refractivity contribution in [3.05, 3.63) is 11.2 Å². The number of anilines is 2. The third kappa shape index (κ3) is 2.70. The molecule has 0 unspecified atom stereocenters. The van der Waals surface area contributed by atoms with Gasteiger partial charge in [-0.15, -0.1) is 0 Å². The van der Waals surface area contributed by atoms with Gasteiger partial charge in [-0.05, 0) is 20.8 Å². The molecule has 1 heterocycles. The summed E-state index contributed by atoms with van der Waals surface area (Å²) in [5, 5.41) is 0.532. The van der Waals surface area contributed by atoms with Gasteiger partial charge < -0.3 is 4.90 Å². The van der Waals surface area contributed by atoms with Crippen LogP contribution in [0.2, 0.25) is 5.02 Å². The highest BCUT2D eigenvalue weighted by molar-refractivity contribution is 6.32. The lowest BCUT2D eigenvalue weighted by Gasteiger charge is -2.27. The molecule has 5 nitrogen and oxygen atoms in total. The SMILES string of the molecule is CCN(c1nc(NN)ncc1Cl)C(C)C. The van der Waals surface area contributed by atoms with Crippen LogP contribution in [0.5, 0.6) is 0 Å². The molecule has 3 N–H and O–H groups in total. The Hall–Kier alpha value is -1.07. The molecule has 6 heteroatoms. The van der Waals surface area contributed by atoms with Crippen molar-refractivity contribution in [3.63, 3.8) is 0 Å². The molecule has 1 rings (SSSR count). The first-order chi connectivity index (χ1) is 7.10. The van der Waals surface area contributed by atoms with Gasteiger partial charge in [-0.2, -0.15) is 4.98 Å². The zero-order chi connectivity index (χ0) is 11.4. The smallest absolute Gasteiger partial charge is 0.239 e. The van der Waals surface area contributed by atoms with E-state index < -0.39 is 0 Å². The number of nitrogen functional groups attached to an aromatic ring is 1. The third-order valence-corrected chi connectivity index (χ3v) is 2.36. The van der Waals surface area contributed by atoms with Crippen molar-refractivity contribution in [2.45, 2.75) is 26.8 Å². The van der Waals surface area contributed by atoms with E-state index in [9.17, 15) is 0 Å². The van der Waals surface area contributed by atoms with Gasteiger partial charge in [0.05, 0.1) is 6.20 Å². The van der Waals surface area contributed by atoms with Gasteiger partial charge in [-0.1, -0.05) is 11.6 Å². The second-order valence-corrected chi connectivity index (χ2v) is 3.80. The molecule has 0 aliphatic carbocycles. The van der Waals surface area contributed by atoms with E-state index in [0.717, 1.165) is 6.54 Å². The Morgan fingerprint density at radius 2 is 2.27 bits per heavy atom. The average Bonchev–Trinajstić information content (AvgIpc) is 2.21. The predicted molar refractivity (Wildman–Crippen MR) is 63.0 cm³/mol. The van der Waals surface area contributed by atoms with Crippen molar-refractivity contribution in [1.29, 1.82) is 0 Å². The van der Waals surface area contributed by atoms with Crippen molar-refractivity contribution in [2.24, 2.45) is 5.84 Å². The van der Waals surface area contributed by atoms with E-state index in [1.54, 1.807) is 6.20 Å². The Kier molecular flexibility index (Phi) is 4.11. The van der Waals surface area contributed by atoms with E-state index in [4.69, 9.17) is 17.4 Å². The fraction of sp³-hybridized carbons (Fsp3) is 0.556. The zero-order valence-corrected chi connectivity index (χ0v) is 9.91. The molecule has 1 aromatic heterocycles. The molecule has 0 aliphatic rings. The second-order valence-electron chi connectivity index (χ2n) is 3.39. The van der Waals surface area contributed by atoms with Crippen molar-refractivity contribution in [2.75, 3.05) is 16.9 Å². The van der Waals surface area contributed by atoms with E-state index in [-0.39, 0.29) is 0 Å². The standard InChI is InChI=1S/C9H16ClN5/c1-4-15(6(2)3)8-7(10)5-12-9(13-8)14-11/h5-6H,4,11H2,1-3H3,(H,12,13,14). The van der Waals surface area contributed by atoms with Crippen LogP contribution >= 0.6 is 11.6 Å². The fourth-order valence-corrected chi connectivity index (χ4v) is 1.59. The van der Waals surface area contributed by atoms with Gasteiger partial charge in [0.25, 0.3) is 0 Å². The minimum absolute atomic E-state index is 0.327. The number of nitrogens with two attached hydrogens (primary N) is 1. The fourth-order valence-electron chi connectivity index (χ4n) is 1.39. The summed E-state index contributed by atoms with van der Waals surface area (Å²) in [4.78, 5) is 10.2. The first-order valence-electron chi connectivity index (χ1n) is 4.86. The highest BCUT2D eigenvalue weighted by Crippen LogP contribution is 2.24. The maximum Gasteiger partial charge on any atom is 0.239 e. The van der Waals surface area contributed by atoms with Crippen LogP contribution < -0.4 is 16.2 Å². The van der Waals surface area contributed by atoms with E-state index in [0.29, 0.717) is 22.8 Å². The molecule has 0 radical (unpaired) electrons. The van der Waals surface area contributed by atoms with Crippen molar-refractivity contribution < 1.29 is 0 Å². The summed E-state index contributed by atoms with van der Waals surface area (Å²) in [6.07, 6.45) is 1.55. The molecule has 0 spiro atoms. The van der Waals surface area contributed by atoms with Crippen molar-refractivity contribution in [3.8, 4) is 0 Å².